The van der Waals surface area contributed by atoms with E-state index >= 15 is 0 Å². The van der Waals surface area contributed by atoms with Crippen LogP contribution in [0.25, 0.3) is 10.2 Å². The summed E-state index contributed by atoms with van der Waals surface area (Å²) < 4.78 is 11.1. The maximum absolute atomic E-state index is 11.8. The average Bonchev–Trinajstić information content (AvgIpc) is 3.04. The fourth-order valence-corrected chi connectivity index (χ4v) is 3.16. The second-order valence-corrected chi connectivity index (χ2v) is 6.20. The molecule has 3 aromatic rings. The first kappa shape index (κ1) is 16.3. The second-order valence-electron chi connectivity index (χ2n) is 5.11. The summed E-state index contributed by atoms with van der Waals surface area (Å²) in [7, 11) is 1.65. The van der Waals surface area contributed by atoms with Gasteiger partial charge in [0.15, 0.2) is 0 Å². The lowest BCUT2D eigenvalue weighted by Crippen LogP contribution is -2.01. The number of carbonyl (C=O) groups excluding carboxylic acids is 1. The Kier molecular flexibility index (Phi) is 4.96. The van der Waals surface area contributed by atoms with E-state index in [1.165, 1.54) is 11.3 Å². The standard InChI is InChI=1S/C18H18N2O3S/c1-3-23-18(21)16-10-14-15(24-16)8-9-17(20-14)19-11-12-4-6-13(22-2)7-5-12/h4-10H,3,11H2,1-2H3,(H,19,20). The number of aromatic nitrogens is 1. The molecule has 0 saturated carbocycles. The van der Waals surface area contributed by atoms with Crippen molar-refractivity contribution < 1.29 is 14.3 Å². The number of nitrogens with one attached hydrogen (secondary N) is 1. The molecule has 3 rings (SSSR count). The Bertz CT molecular complexity index is 843. The van der Waals surface area contributed by atoms with Crippen molar-refractivity contribution in [2.45, 2.75) is 13.5 Å². The van der Waals surface area contributed by atoms with Gasteiger partial charge in [-0.15, -0.1) is 11.3 Å². The molecule has 0 spiro atoms. The van der Waals surface area contributed by atoms with Gasteiger partial charge in [-0.05, 0) is 42.8 Å². The summed E-state index contributed by atoms with van der Waals surface area (Å²) in [5, 5.41) is 3.29. The molecular formula is C18H18N2O3S. The quantitative estimate of drug-likeness (QED) is 0.684. The van der Waals surface area contributed by atoms with E-state index in [0.717, 1.165) is 27.3 Å². The molecule has 6 heteroatoms. The first-order valence-corrected chi connectivity index (χ1v) is 8.45. The number of ether oxygens (including phenoxy) is 2. The summed E-state index contributed by atoms with van der Waals surface area (Å²) in [5.74, 6) is 1.31. The van der Waals surface area contributed by atoms with E-state index in [1.807, 2.05) is 36.4 Å². The molecule has 0 fully saturated rings. The molecule has 0 amide bonds. The van der Waals surface area contributed by atoms with Crippen molar-refractivity contribution in [1.29, 1.82) is 0 Å². The van der Waals surface area contributed by atoms with Gasteiger partial charge in [-0.25, -0.2) is 9.78 Å². The van der Waals surface area contributed by atoms with Gasteiger partial charge in [-0.2, -0.15) is 0 Å². The van der Waals surface area contributed by atoms with E-state index in [1.54, 1.807) is 20.1 Å². The molecule has 2 aromatic heterocycles. The van der Waals surface area contributed by atoms with Gasteiger partial charge < -0.3 is 14.8 Å². The summed E-state index contributed by atoms with van der Waals surface area (Å²) in [5.41, 5.74) is 1.93. The van der Waals surface area contributed by atoms with E-state index in [2.05, 4.69) is 10.3 Å². The Morgan fingerprint density at radius 1 is 1.21 bits per heavy atom. The maximum Gasteiger partial charge on any atom is 0.348 e. The average molecular weight is 342 g/mol. The second kappa shape index (κ2) is 7.31. The van der Waals surface area contributed by atoms with E-state index in [9.17, 15) is 4.79 Å². The van der Waals surface area contributed by atoms with Crippen molar-refractivity contribution in [2.24, 2.45) is 0 Å². The van der Waals surface area contributed by atoms with Crippen molar-refractivity contribution in [2.75, 3.05) is 19.0 Å². The Balaban J connectivity index is 1.71. The van der Waals surface area contributed by atoms with E-state index in [-0.39, 0.29) is 5.97 Å². The zero-order valence-corrected chi connectivity index (χ0v) is 14.4. The van der Waals surface area contributed by atoms with Crippen LogP contribution in [0.5, 0.6) is 5.75 Å². The Morgan fingerprint density at radius 3 is 2.71 bits per heavy atom. The number of carbonyl (C=O) groups is 1. The summed E-state index contributed by atoms with van der Waals surface area (Å²) in [6.45, 7) is 2.83. The molecule has 5 nitrogen and oxygen atoms in total. The van der Waals surface area contributed by atoms with E-state index in [4.69, 9.17) is 9.47 Å². The monoisotopic (exact) mass is 342 g/mol. The molecule has 0 radical (unpaired) electrons. The van der Waals surface area contributed by atoms with Gasteiger partial charge in [-0.1, -0.05) is 12.1 Å². The number of pyridine rings is 1. The predicted molar refractivity (Wildman–Crippen MR) is 95.9 cm³/mol. The number of fused-ring (bicyclic) bond motifs is 1. The molecule has 1 aromatic carbocycles. The molecular weight excluding hydrogens is 324 g/mol. The van der Waals surface area contributed by atoms with Gasteiger partial charge in [0.2, 0.25) is 0 Å². The lowest BCUT2D eigenvalue weighted by atomic mass is 10.2. The molecule has 0 atom stereocenters. The molecule has 0 bridgehead atoms. The van der Waals surface area contributed by atoms with Gasteiger partial charge in [0.05, 0.1) is 23.9 Å². The third kappa shape index (κ3) is 3.65. The maximum atomic E-state index is 11.8. The first-order chi connectivity index (χ1) is 11.7. The van der Waals surface area contributed by atoms with Gasteiger partial charge in [0.1, 0.15) is 16.4 Å². The molecule has 124 valence electrons. The summed E-state index contributed by atoms with van der Waals surface area (Å²) >= 11 is 1.39. The van der Waals surface area contributed by atoms with Crippen LogP contribution in [0, 0.1) is 0 Å². The van der Waals surface area contributed by atoms with Crippen LogP contribution < -0.4 is 10.1 Å². The zero-order chi connectivity index (χ0) is 16.9. The van der Waals surface area contributed by atoms with Crippen LogP contribution in [0.4, 0.5) is 5.82 Å². The molecule has 0 saturated heterocycles. The minimum Gasteiger partial charge on any atom is -0.497 e. The summed E-state index contributed by atoms with van der Waals surface area (Å²) in [6.07, 6.45) is 0. The topological polar surface area (TPSA) is 60.5 Å². The number of hydrogen-bond donors (Lipinski definition) is 1. The van der Waals surface area contributed by atoms with Crippen molar-refractivity contribution in [3.63, 3.8) is 0 Å². The van der Waals surface area contributed by atoms with Crippen molar-refractivity contribution >= 4 is 33.3 Å². The van der Waals surface area contributed by atoms with E-state index in [0.29, 0.717) is 18.0 Å². The highest BCUT2D eigenvalue weighted by atomic mass is 32.1. The SMILES string of the molecule is CCOC(=O)c1cc2nc(NCc3ccc(OC)cc3)ccc2s1. The minimum absolute atomic E-state index is 0.298. The van der Waals surface area contributed by atoms with Crippen LogP contribution in [-0.2, 0) is 11.3 Å². The van der Waals surface area contributed by atoms with Crippen molar-refractivity contribution in [3.05, 3.63) is 52.9 Å². The highest BCUT2D eigenvalue weighted by molar-refractivity contribution is 7.20. The molecule has 0 aliphatic carbocycles. The minimum atomic E-state index is -0.298. The fraction of sp³-hybridized carbons (Fsp3) is 0.222. The molecule has 0 unspecified atom stereocenters. The fourth-order valence-electron chi connectivity index (χ4n) is 2.26. The number of benzene rings is 1. The van der Waals surface area contributed by atoms with Crippen LogP contribution in [0.2, 0.25) is 0 Å². The number of anilines is 1. The number of rotatable bonds is 6. The lowest BCUT2D eigenvalue weighted by molar-refractivity contribution is 0.0532. The Hall–Kier alpha value is -2.60. The number of methoxy groups -OCH3 is 1. The molecule has 24 heavy (non-hydrogen) atoms. The summed E-state index contributed by atoms with van der Waals surface area (Å²) in [4.78, 5) is 16.9. The number of nitrogens with zero attached hydrogens (tertiary/aromatic N) is 1. The van der Waals surface area contributed by atoms with Crippen LogP contribution in [0.3, 0.4) is 0 Å². The van der Waals surface area contributed by atoms with Crippen LogP contribution in [0.15, 0.2) is 42.5 Å². The number of hydrogen-bond acceptors (Lipinski definition) is 6. The largest absolute Gasteiger partial charge is 0.497 e. The predicted octanol–water partition coefficient (Wildman–Crippen LogP) is 4.09. The zero-order valence-electron chi connectivity index (χ0n) is 13.5. The Labute approximate surface area is 144 Å². The summed E-state index contributed by atoms with van der Waals surface area (Å²) in [6, 6.07) is 13.5. The van der Waals surface area contributed by atoms with Gasteiger partial charge in [-0.3, -0.25) is 0 Å². The third-order valence-corrected chi connectivity index (χ3v) is 4.55. The van der Waals surface area contributed by atoms with Crippen LogP contribution in [0.1, 0.15) is 22.2 Å². The number of esters is 1. The molecule has 0 aliphatic heterocycles. The van der Waals surface area contributed by atoms with Gasteiger partial charge in [0.25, 0.3) is 0 Å². The van der Waals surface area contributed by atoms with Crippen LogP contribution in [-0.4, -0.2) is 24.7 Å². The first-order valence-electron chi connectivity index (χ1n) is 7.64. The number of thiophene rings is 1. The van der Waals surface area contributed by atoms with Crippen molar-refractivity contribution in [3.8, 4) is 5.75 Å². The third-order valence-electron chi connectivity index (χ3n) is 3.48. The van der Waals surface area contributed by atoms with Crippen LogP contribution >= 0.6 is 11.3 Å². The van der Waals surface area contributed by atoms with Gasteiger partial charge >= 0.3 is 5.97 Å². The molecule has 0 aliphatic rings. The highest BCUT2D eigenvalue weighted by Crippen LogP contribution is 2.26. The normalized spacial score (nSPS) is 10.6. The Morgan fingerprint density at radius 2 is 2.00 bits per heavy atom. The molecule has 2 heterocycles. The molecule has 1 N–H and O–H groups in total. The van der Waals surface area contributed by atoms with E-state index < -0.39 is 0 Å². The smallest absolute Gasteiger partial charge is 0.348 e. The van der Waals surface area contributed by atoms with Gasteiger partial charge in [0, 0.05) is 6.54 Å². The highest BCUT2D eigenvalue weighted by Gasteiger charge is 2.12. The lowest BCUT2D eigenvalue weighted by Gasteiger charge is -2.06. The van der Waals surface area contributed by atoms with Crippen molar-refractivity contribution in [1.82, 2.24) is 4.98 Å².